The van der Waals surface area contributed by atoms with Crippen LogP contribution in [0.1, 0.15) is 39.2 Å². The van der Waals surface area contributed by atoms with Gasteiger partial charge < -0.3 is 15.5 Å². The van der Waals surface area contributed by atoms with E-state index >= 15 is 0 Å². The Bertz CT molecular complexity index is 706. The predicted octanol–water partition coefficient (Wildman–Crippen LogP) is 2.13. The first-order chi connectivity index (χ1) is 12.7. The lowest BCUT2D eigenvalue weighted by Crippen LogP contribution is -2.37. The molecule has 1 rings (SSSR count). The smallest absolute Gasteiger partial charge is 0.353 e. The Labute approximate surface area is 159 Å². The minimum Gasteiger partial charge on any atom is -0.455 e. The first-order valence-electron chi connectivity index (χ1n) is 8.75. The highest BCUT2D eigenvalue weighted by Gasteiger charge is 2.24. The van der Waals surface area contributed by atoms with Crippen LogP contribution in [0, 0.1) is 5.41 Å². The van der Waals surface area contributed by atoms with E-state index in [2.05, 4.69) is 10.3 Å². The number of amides is 1. The Morgan fingerprint density at radius 2 is 1.81 bits per heavy atom. The zero-order chi connectivity index (χ0) is 20.4. The maximum atomic E-state index is 12.6. The summed E-state index contributed by atoms with van der Waals surface area (Å²) in [5, 5.41) is 9.87. The predicted molar refractivity (Wildman–Crippen MR) is 104 cm³/mol. The third-order valence-corrected chi connectivity index (χ3v) is 3.58. The van der Waals surface area contributed by atoms with E-state index in [-0.39, 0.29) is 18.6 Å². The number of likely N-dealkylation sites (N-methyl/N-ethyl adjacent to an activating group) is 1. The number of carbonyl (C=O) groups excluding carboxylic acids is 3. The molecule has 146 valence electrons. The molecule has 7 nitrogen and oxygen atoms in total. The van der Waals surface area contributed by atoms with E-state index in [1.54, 1.807) is 27.8 Å². The SMILES string of the molecule is CN[C@@H](Cc1ccccc1)C(=O)N=C(CCC(=O)C=N)C(=O)OC(C)(C)C. The second-order valence-corrected chi connectivity index (χ2v) is 7.04. The number of rotatable bonds is 9. The molecule has 0 aliphatic rings. The molecule has 27 heavy (non-hydrogen) atoms. The molecule has 0 saturated heterocycles. The zero-order valence-corrected chi connectivity index (χ0v) is 16.2. The second-order valence-electron chi connectivity index (χ2n) is 7.04. The number of aliphatic imine (C=N–C) groups is 1. The van der Waals surface area contributed by atoms with Gasteiger partial charge in [-0.1, -0.05) is 30.3 Å². The van der Waals surface area contributed by atoms with Gasteiger partial charge in [0.15, 0.2) is 5.78 Å². The molecule has 0 bridgehead atoms. The average Bonchev–Trinajstić information content (AvgIpc) is 2.61. The van der Waals surface area contributed by atoms with Gasteiger partial charge in [-0.05, 0) is 39.8 Å². The van der Waals surface area contributed by atoms with Gasteiger partial charge in [-0.3, -0.25) is 9.59 Å². The summed E-state index contributed by atoms with van der Waals surface area (Å²) in [6, 6.07) is 8.84. The van der Waals surface area contributed by atoms with Crippen molar-refractivity contribution in [1.82, 2.24) is 5.32 Å². The van der Waals surface area contributed by atoms with Crippen LogP contribution in [0.2, 0.25) is 0 Å². The number of esters is 1. The number of ketones is 1. The minimum atomic E-state index is -0.751. The monoisotopic (exact) mass is 373 g/mol. The number of hydrogen-bond donors (Lipinski definition) is 2. The molecule has 0 unspecified atom stereocenters. The van der Waals surface area contributed by atoms with Crippen molar-refractivity contribution in [1.29, 1.82) is 5.41 Å². The maximum Gasteiger partial charge on any atom is 0.353 e. The Kier molecular flexibility index (Phi) is 8.68. The van der Waals surface area contributed by atoms with E-state index in [0.717, 1.165) is 5.56 Å². The van der Waals surface area contributed by atoms with Gasteiger partial charge in [-0.15, -0.1) is 0 Å². The Balaban J connectivity index is 2.99. The van der Waals surface area contributed by atoms with Gasteiger partial charge >= 0.3 is 5.97 Å². The van der Waals surface area contributed by atoms with Gasteiger partial charge in [0.05, 0.1) is 12.3 Å². The normalized spacial score (nSPS) is 13.0. The Morgan fingerprint density at radius 1 is 1.19 bits per heavy atom. The zero-order valence-electron chi connectivity index (χ0n) is 16.2. The maximum absolute atomic E-state index is 12.6. The highest BCUT2D eigenvalue weighted by molar-refractivity contribution is 6.39. The van der Waals surface area contributed by atoms with Crippen LogP contribution in [-0.2, 0) is 25.5 Å². The van der Waals surface area contributed by atoms with Crippen LogP contribution >= 0.6 is 0 Å². The second kappa shape index (κ2) is 10.5. The molecule has 0 aromatic heterocycles. The van der Waals surface area contributed by atoms with E-state index in [1.807, 2.05) is 30.3 Å². The summed E-state index contributed by atoms with van der Waals surface area (Å²) in [4.78, 5) is 40.3. The van der Waals surface area contributed by atoms with Crippen LogP contribution in [-0.4, -0.2) is 48.3 Å². The van der Waals surface area contributed by atoms with Crippen molar-refractivity contribution < 1.29 is 19.1 Å². The molecule has 1 aromatic carbocycles. The minimum absolute atomic E-state index is 0.0589. The number of nitrogens with zero attached hydrogens (tertiary/aromatic N) is 1. The largest absolute Gasteiger partial charge is 0.455 e. The topological polar surface area (TPSA) is 109 Å². The molecular weight excluding hydrogens is 346 g/mol. The summed E-state index contributed by atoms with van der Waals surface area (Å²) in [7, 11) is 1.65. The summed E-state index contributed by atoms with van der Waals surface area (Å²) < 4.78 is 5.29. The quantitative estimate of drug-likeness (QED) is 0.509. The van der Waals surface area contributed by atoms with Crippen LogP contribution in [0.5, 0.6) is 0 Å². The highest BCUT2D eigenvalue weighted by atomic mass is 16.6. The third kappa shape index (κ3) is 8.50. The van der Waals surface area contributed by atoms with Gasteiger partial charge in [0.2, 0.25) is 0 Å². The molecule has 7 heteroatoms. The van der Waals surface area contributed by atoms with E-state index in [9.17, 15) is 14.4 Å². The van der Waals surface area contributed by atoms with E-state index in [0.29, 0.717) is 12.6 Å². The number of nitrogens with one attached hydrogen (secondary N) is 2. The number of Topliss-reactive ketones (excluding diaryl/α,β-unsaturated/α-hetero) is 1. The van der Waals surface area contributed by atoms with Crippen molar-refractivity contribution in [3.8, 4) is 0 Å². The van der Waals surface area contributed by atoms with Crippen molar-refractivity contribution in [3.63, 3.8) is 0 Å². The fraction of sp³-hybridized carbons (Fsp3) is 0.450. The molecule has 0 radical (unpaired) electrons. The molecule has 2 N–H and O–H groups in total. The number of hydrogen-bond acceptors (Lipinski definition) is 6. The first-order valence-corrected chi connectivity index (χ1v) is 8.75. The number of carbonyl (C=O) groups is 3. The van der Waals surface area contributed by atoms with Gasteiger partial charge in [0.1, 0.15) is 11.3 Å². The van der Waals surface area contributed by atoms with Crippen molar-refractivity contribution in [3.05, 3.63) is 35.9 Å². The van der Waals surface area contributed by atoms with Crippen LogP contribution in [0.4, 0.5) is 0 Å². The highest BCUT2D eigenvalue weighted by Crippen LogP contribution is 2.11. The van der Waals surface area contributed by atoms with Crippen LogP contribution in [0.15, 0.2) is 35.3 Å². The summed E-state index contributed by atoms with van der Waals surface area (Å²) in [5.41, 5.74) is 0.0930. The van der Waals surface area contributed by atoms with E-state index < -0.39 is 29.3 Å². The molecule has 1 aromatic rings. The van der Waals surface area contributed by atoms with E-state index in [4.69, 9.17) is 10.1 Å². The van der Waals surface area contributed by atoms with Gasteiger partial charge in [0.25, 0.3) is 5.91 Å². The van der Waals surface area contributed by atoms with Crippen LogP contribution < -0.4 is 5.32 Å². The van der Waals surface area contributed by atoms with Crippen molar-refractivity contribution in [2.75, 3.05) is 7.05 Å². The fourth-order valence-corrected chi connectivity index (χ4v) is 2.23. The van der Waals surface area contributed by atoms with Gasteiger partial charge in [-0.25, -0.2) is 9.79 Å². The van der Waals surface area contributed by atoms with E-state index in [1.165, 1.54) is 0 Å². The summed E-state index contributed by atoms with van der Waals surface area (Å²) in [6.07, 6.45) is 0.954. The summed E-state index contributed by atoms with van der Waals surface area (Å²) >= 11 is 0. The van der Waals surface area contributed by atoms with Crippen LogP contribution in [0.25, 0.3) is 0 Å². The summed E-state index contributed by atoms with van der Waals surface area (Å²) in [5.74, 6) is -1.69. The molecule has 0 aliphatic carbocycles. The molecule has 0 spiro atoms. The molecular formula is C20H27N3O4. The molecule has 0 fully saturated rings. The summed E-state index contributed by atoms with van der Waals surface area (Å²) in [6.45, 7) is 5.12. The third-order valence-electron chi connectivity index (χ3n) is 3.58. The van der Waals surface area contributed by atoms with Gasteiger partial charge in [-0.2, -0.15) is 0 Å². The fourth-order valence-electron chi connectivity index (χ4n) is 2.23. The number of benzene rings is 1. The molecule has 1 atom stereocenters. The average molecular weight is 373 g/mol. The van der Waals surface area contributed by atoms with Gasteiger partial charge in [0, 0.05) is 12.8 Å². The first kappa shape index (κ1) is 22.4. The lowest BCUT2D eigenvalue weighted by atomic mass is 10.1. The van der Waals surface area contributed by atoms with Crippen molar-refractivity contribution >= 4 is 29.6 Å². The molecule has 0 saturated carbocycles. The van der Waals surface area contributed by atoms with Crippen molar-refractivity contribution in [2.24, 2.45) is 4.99 Å². The Hall–Kier alpha value is -2.67. The lowest BCUT2D eigenvalue weighted by Gasteiger charge is -2.20. The number of ether oxygens (including phenoxy) is 1. The van der Waals surface area contributed by atoms with Crippen LogP contribution in [0.3, 0.4) is 0 Å². The van der Waals surface area contributed by atoms with Crippen molar-refractivity contribution in [2.45, 2.75) is 51.7 Å². The standard InChI is InChI=1S/C20H27N3O4/c1-20(2,3)27-19(26)16(11-10-15(24)13-21)23-18(25)17(22-4)12-14-8-6-5-7-9-14/h5-9,13,17,21-22H,10-12H2,1-4H3/t17-/m0/s1. The molecule has 0 heterocycles. The molecule has 1 amide bonds. The molecule has 0 aliphatic heterocycles. The Morgan fingerprint density at radius 3 is 2.33 bits per heavy atom. The lowest BCUT2D eigenvalue weighted by molar-refractivity contribution is -0.146.